The average molecular weight is 410 g/mol. The quantitative estimate of drug-likeness (QED) is 0.553. The van der Waals surface area contributed by atoms with E-state index in [2.05, 4.69) is 44.1 Å². The summed E-state index contributed by atoms with van der Waals surface area (Å²) in [6.07, 6.45) is 9.63. The van der Waals surface area contributed by atoms with Crippen LogP contribution in [0.25, 0.3) is 22.2 Å². The van der Waals surface area contributed by atoms with Crippen LogP contribution in [-0.2, 0) is 6.54 Å². The van der Waals surface area contributed by atoms with Gasteiger partial charge in [0.1, 0.15) is 0 Å². The summed E-state index contributed by atoms with van der Waals surface area (Å²) in [5, 5.41) is 16.9. The average Bonchev–Trinajstić information content (AvgIpc) is 3.49. The van der Waals surface area contributed by atoms with Crippen LogP contribution in [0.4, 0.5) is 0 Å². The molecule has 1 amide bonds. The Labute approximate surface area is 179 Å². The van der Waals surface area contributed by atoms with Crippen molar-refractivity contribution in [3.05, 3.63) is 72.3 Å². The molecule has 1 N–H and O–H groups in total. The number of rotatable bonds is 4. The predicted molar refractivity (Wildman–Crippen MR) is 117 cm³/mol. The monoisotopic (exact) mass is 410 g/mol. The zero-order valence-corrected chi connectivity index (χ0v) is 17.0. The number of likely N-dealkylation sites (tertiary alicyclic amines) is 1. The van der Waals surface area contributed by atoms with Crippen molar-refractivity contribution < 1.29 is 4.79 Å². The summed E-state index contributed by atoms with van der Waals surface area (Å²) in [5.74, 6) is 0.569. The van der Waals surface area contributed by atoms with E-state index in [-0.39, 0.29) is 5.91 Å². The molecule has 4 heterocycles. The highest BCUT2D eigenvalue weighted by atomic mass is 16.2. The molecule has 0 bridgehead atoms. The third kappa shape index (κ3) is 3.80. The predicted octanol–water partition coefficient (Wildman–Crippen LogP) is 3.85. The van der Waals surface area contributed by atoms with Gasteiger partial charge in [0, 0.05) is 48.5 Å². The highest BCUT2D eigenvalue weighted by Gasteiger charge is 2.24. The molecule has 1 aromatic carbocycles. The third-order valence-electron chi connectivity index (χ3n) is 6.07. The number of carbonyl (C=O) groups is 1. The Kier molecular flexibility index (Phi) is 4.97. The zero-order chi connectivity index (χ0) is 21.2. The maximum Gasteiger partial charge on any atom is 0.253 e. The standard InChI is InChI=1S/C24H22N6O/c25-12-17-1-3-19(4-2-17)24(31)29-8-5-18(6-9-29)16-30-10-7-20-11-22(26-15-23(20)30)21-13-27-28-14-21/h1-4,7,10-11,13-15,18H,5-6,8-9,16H2,(H,27,28). The lowest BCUT2D eigenvalue weighted by Crippen LogP contribution is -2.39. The van der Waals surface area contributed by atoms with Gasteiger partial charge in [-0.25, -0.2) is 0 Å². The van der Waals surface area contributed by atoms with E-state index in [9.17, 15) is 4.79 Å². The van der Waals surface area contributed by atoms with Crippen LogP contribution in [0.5, 0.6) is 0 Å². The minimum Gasteiger partial charge on any atom is -0.346 e. The minimum atomic E-state index is 0.0466. The van der Waals surface area contributed by atoms with E-state index in [1.54, 1.807) is 30.5 Å². The number of pyridine rings is 1. The van der Waals surface area contributed by atoms with Gasteiger partial charge in [0.2, 0.25) is 0 Å². The highest BCUT2D eigenvalue weighted by Crippen LogP contribution is 2.26. The third-order valence-corrected chi connectivity index (χ3v) is 6.07. The first-order valence-electron chi connectivity index (χ1n) is 10.4. The molecule has 1 fully saturated rings. The van der Waals surface area contributed by atoms with Crippen LogP contribution in [0.3, 0.4) is 0 Å². The molecule has 0 spiro atoms. The molecule has 1 aliphatic rings. The van der Waals surface area contributed by atoms with Gasteiger partial charge in [-0.05, 0) is 55.2 Å². The van der Waals surface area contributed by atoms with E-state index in [4.69, 9.17) is 5.26 Å². The summed E-state index contributed by atoms with van der Waals surface area (Å²) >= 11 is 0. The van der Waals surface area contributed by atoms with E-state index in [1.807, 2.05) is 17.3 Å². The van der Waals surface area contributed by atoms with Crippen molar-refractivity contribution in [1.82, 2.24) is 24.6 Å². The van der Waals surface area contributed by atoms with Crippen molar-refractivity contribution >= 4 is 16.8 Å². The second-order valence-electron chi connectivity index (χ2n) is 8.01. The minimum absolute atomic E-state index is 0.0466. The van der Waals surface area contributed by atoms with Crippen molar-refractivity contribution in [1.29, 1.82) is 5.26 Å². The molecule has 5 rings (SSSR count). The Morgan fingerprint density at radius 2 is 1.97 bits per heavy atom. The number of aromatic nitrogens is 4. The first-order chi connectivity index (χ1) is 15.2. The molecule has 7 nitrogen and oxygen atoms in total. The van der Waals surface area contributed by atoms with Crippen molar-refractivity contribution in [3.8, 4) is 17.3 Å². The number of nitriles is 1. The second-order valence-corrected chi connectivity index (χ2v) is 8.01. The van der Waals surface area contributed by atoms with Crippen LogP contribution in [-0.4, -0.2) is 43.6 Å². The molecular weight excluding hydrogens is 388 g/mol. The summed E-state index contributed by atoms with van der Waals surface area (Å²) in [7, 11) is 0. The Hall–Kier alpha value is -3.92. The molecule has 0 unspecified atom stereocenters. The van der Waals surface area contributed by atoms with Gasteiger partial charge in [-0.3, -0.25) is 14.9 Å². The first-order valence-corrected chi connectivity index (χ1v) is 10.4. The van der Waals surface area contributed by atoms with E-state index in [0.717, 1.165) is 49.2 Å². The van der Waals surface area contributed by atoms with Gasteiger partial charge in [-0.15, -0.1) is 0 Å². The van der Waals surface area contributed by atoms with Crippen LogP contribution < -0.4 is 0 Å². The molecule has 31 heavy (non-hydrogen) atoms. The number of aromatic amines is 1. The molecule has 3 aromatic heterocycles. The van der Waals surface area contributed by atoms with Gasteiger partial charge < -0.3 is 9.47 Å². The number of fused-ring (bicyclic) bond motifs is 1. The van der Waals surface area contributed by atoms with Crippen LogP contribution in [0.1, 0.15) is 28.8 Å². The topological polar surface area (TPSA) is 90.6 Å². The molecule has 0 atom stereocenters. The van der Waals surface area contributed by atoms with Gasteiger partial charge >= 0.3 is 0 Å². The van der Waals surface area contributed by atoms with Crippen LogP contribution in [0, 0.1) is 17.2 Å². The summed E-state index contributed by atoms with van der Waals surface area (Å²) in [5.41, 5.74) is 4.24. The number of nitrogens with zero attached hydrogens (tertiary/aromatic N) is 5. The van der Waals surface area contributed by atoms with E-state index in [0.29, 0.717) is 17.0 Å². The molecule has 0 radical (unpaired) electrons. The van der Waals surface area contributed by atoms with Crippen molar-refractivity contribution in [3.63, 3.8) is 0 Å². The van der Waals surface area contributed by atoms with Gasteiger partial charge in [-0.2, -0.15) is 10.4 Å². The van der Waals surface area contributed by atoms with E-state index in [1.165, 1.54) is 5.39 Å². The fourth-order valence-electron chi connectivity index (χ4n) is 4.26. The number of carbonyl (C=O) groups excluding carboxylic acids is 1. The highest BCUT2D eigenvalue weighted by molar-refractivity contribution is 5.94. The first kappa shape index (κ1) is 19.1. The Bertz CT molecular complexity index is 1240. The Balaban J connectivity index is 1.23. The molecular formula is C24H22N6O. The molecule has 0 saturated carbocycles. The molecule has 0 aliphatic carbocycles. The summed E-state index contributed by atoms with van der Waals surface area (Å²) in [6.45, 7) is 2.44. The number of hydrogen-bond acceptors (Lipinski definition) is 4. The summed E-state index contributed by atoms with van der Waals surface area (Å²) < 4.78 is 2.27. The Morgan fingerprint density at radius 1 is 1.16 bits per heavy atom. The number of hydrogen-bond donors (Lipinski definition) is 1. The number of amides is 1. The smallest absolute Gasteiger partial charge is 0.253 e. The zero-order valence-electron chi connectivity index (χ0n) is 17.0. The maximum atomic E-state index is 12.8. The van der Waals surface area contributed by atoms with Gasteiger partial charge in [0.25, 0.3) is 5.91 Å². The van der Waals surface area contributed by atoms with Crippen molar-refractivity contribution in [2.24, 2.45) is 5.92 Å². The lowest BCUT2D eigenvalue weighted by Gasteiger charge is -2.32. The van der Waals surface area contributed by atoms with Gasteiger partial charge in [0.15, 0.2) is 0 Å². The van der Waals surface area contributed by atoms with Crippen molar-refractivity contribution in [2.45, 2.75) is 19.4 Å². The number of nitrogens with one attached hydrogen (secondary N) is 1. The lowest BCUT2D eigenvalue weighted by atomic mass is 9.96. The number of benzene rings is 1. The Morgan fingerprint density at radius 3 is 2.68 bits per heavy atom. The summed E-state index contributed by atoms with van der Waals surface area (Å²) in [4.78, 5) is 19.3. The summed E-state index contributed by atoms with van der Waals surface area (Å²) in [6, 6.07) is 13.2. The largest absolute Gasteiger partial charge is 0.346 e. The van der Waals surface area contributed by atoms with Crippen LogP contribution >= 0.6 is 0 Å². The normalized spacial score (nSPS) is 14.6. The molecule has 4 aromatic rings. The fourth-order valence-corrected chi connectivity index (χ4v) is 4.26. The number of piperidine rings is 1. The van der Waals surface area contributed by atoms with E-state index >= 15 is 0 Å². The maximum absolute atomic E-state index is 12.8. The van der Waals surface area contributed by atoms with Gasteiger partial charge in [-0.1, -0.05) is 0 Å². The molecule has 1 saturated heterocycles. The number of H-pyrrole nitrogens is 1. The molecule has 1 aliphatic heterocycles. The van der Waals surface area contributed by atoms with Gasteiger partial charge in [0.05, 0.1) is 35.2 Å². The van der Waals surface area contributed by atoms with E-state index < -0.39 is 0 Å². The second kappa shape index (κ2) is 8.07. The fraction of sp³-hybridized carbons (Fsp3) is 0.250. The lowest BCUT2D eigenvalue weighted by molar-refractivity contribution is 0.0683. The molecule has 154 valence electrons. The molecule has 7 heteroatoms. The van der Waals surface area contributed by atoms with Crippen molar-refractivity contribution in [2.75, 3.05) is 13.1 Å². The van der Waals surface area contributed by atoms with Crippen LogP contribution in [0.15, 0.2) is 61.2 Å². The SMILES string of the molecule is N#Cc1ccc(C(=O)N2CCC(Cn3ccc4cc(-c5cn[nH]c5)ncc43)CC2)cc1. The van der Waals surface area contributed by atoms with Crippen LogP contribution in [0.2, 0.25) is 0 Å².